The van der Waals surface area contributed by atoms with Crippen molar-refractivity contribution in [2.45, 2.75) is 24.0 Å². The van der Waals surface area contributed by atoms with E-state index in [1.807, 2.05) is 0 Å². The number of nitrogens with two attached hydrogens (primary N) is 1. The van der Waals surface area contributed by atoms with Crippen LogP contribution < -0.4 is 5.73 Å². The van der Waals surface area contributed by atoms with Gasteiger partial charge in [0.05, 0.1) is 12.9 Å². The van der Waals surface area contributed by atoms with E-state index in [-0.39, 0.29) is 23.3 Å². The Balaban J connectivity index is 2.00. The summed E-state index contributed by atoms with van der Waals surface area (Å²) in [6, 6.07) is 0. The van der Waals surface area contributed by atoms with Crippen LogP contribution in [-0.2, 0) is 9.53 Å². The molecule has 1 fully saturated rings. The second-order valence-electron chi connectivity index (χ2n) is 4.95. The van der Waals surface area contributed by atoms with Gasteiger partial charge in [-0.05, 0) is 0 Å². The van der Waals surface area contributed by atoms with E-state index in [0.29, 0.717) is 0 Å². The van der Waals surface area contributed by atoms with Crippen molar-refractivity contribution in [2.24, 2.45) is 0 Å². The Kier molecular flexibility index (Phi) is 3.29. The van der Waals surface area contributed by atoms with E-state index in [0.717, 1.165) is 10.9 Å². The molecule has 22 heavy (non-hydrogen) atoms. The number of aliphatic hydroxyl groups is 3. The highest BCUT2D eigenvalue weighted by molar-refractivity contribution is 5.81. The number of nitrogen functional groups attached to an aromatic ring is 1. The van der Waals surface area contributed by atoms with Gasteiger partial charge in [-0.2, -0.15) is 14.4 Å². The largest absolute Gasteiger partial charge is 0.387 e. The summed E-state index contributed by atoms with van der Waals surface area (Å²) in [7, 11) is 0. The SMILES string of the molecule is Nc1nc(F)nc2c1ncn2C(O)[C@H]1OC[C@](O)(C=O)[C@@H]1O. The number of hydrogen-bond donors (Lipinski definition) is 4. The van der Waals surface area contributed by atoms with Gasteiger partial charge in [-0.3, -0.25) is 9.36 Å². The van der Waals surface area contributed by atoms with Gasteiger partial charge >= 0.3 is 6.08 Å². The maximum Gasteiger partial charge on any atom is 0.312 e. The van der Waals surface area contributed by atoms with Crippen LogP contribution in [0.2, 0.25) is 0 Å². The molecule has 0 aliphatic carbocycles. The molecule has 3 rings (SSSR count). The third-order valence-corrected chi connectivity index (χ3v) is 3.53. The van der Waals surface area contributed by atoms with Crippen molar-refractivity contribution >= 4 is 23.3 Å². The van der Waals surface area contributed by atoms with Crippen LogP contribution in [0.4, 0.5) is 10.2 Å². The topological polar surface area (TPSA) is 157 Å². The molecule has 5 N–H and O–H groups in total. The lowest BCUT2D eigenvalue weighted by atomic mass is 9.97. The van der Waals surface area contributed by atoms with Crippen LogP contribution in [0.5, 0.6) is 0 Å². The minimum Gasteiger partial charge on any atom is -0.387 e. The van der Waals surface area contributed by atoms with Gasteiger partial charge in [-0.15, -0.1) is 0 Å². The Hall–Kier alpha value is -2.21. The Morgan fingerprint density at radius 3 is 2.95 bits per heavy atom. The quantitative estimate of drug-likeness (QED) is 0.362. The molecule has 1 aliphatic rings. The normalized spacial score (nSPS) is 29.8. The molecule has 0 aromatic carbocycles. The van der Waals surface area contributed by atoms with Crippen molar-refractivity contribution in [3.63, 3.8) is 0 Å². The molecule has 2 aromatic heterocycles. The number of hydrogen-bond acceptors (Lipinski definition) is 9. The molecule has 0 amide bonds. The van der Waals surface area contributed by atoms with Crippen LogP contribution in [0.15, 0.2) is 6.33 Å². The Bertz CT molecular complexity index is 739. The van der Waals surface area contributed by atoms with Crippen LogP contribution in [0.3, 0.4) is 0 Å². The molecular formula is C11H12FN5O5. The first-order chi connectivity index (χ1) is 10.4. The zero-order chi connectivity index (χ0) is 16.1. The van der Waals surface area contributed by atoms with Gasteiger partial charge in [0.25, 0.3) is 0 Å². The first kappa shape index (κ1) is 14.7. The fraction of sp³-hybridized carbons (Fsp3) is 0.455. The summed E-state index contributed by atoms with van der Waals surface area (Å²) in [6.07, 6.45) is -4.48. The third-order valence-electron chi connectivity index (χ3n) is 3.53. The molecule has 4 atom stereocenters. The van der Waals surface area contributed by atoms with Gasteiger partial charge in [-0.1, -0.05) is 0 Å². The molecule has 2 aromatic rings. The van der Waals surface area contributed by atoms with Crippen LogP contribution >= 0.6 is 0 Å². The third kappa shape index (κ3) is 2.02. The summed E-state index contributed by atoms with van der Waals surface area (Å²) in [5.74, 6) is -0.217. The average Bonchev–Trinajstić information content (AvgIpc) is 3.02. The van der Waals surface area contributed by atoms with E-state index in [9.17, 15) is 24.5 Å². The lowest BCUT2D eigenvalue weighted by molar-refractivity contribution is -0.133. The van der Waals surface area contributed by atoms with Crippen molar-refractivity contribution in [3.8, 4) is 0 Å². The standard InChI is InChI=1S/C11H12FN5O5/c12-10-15-7(13)4-8(16-10)17(3-14-4)9(20)5-6(19)11(21,1-18)2-22-5/h1,3,5-6,9,19-21H,2H2,(H2,13,15,16)/t5-,6+,9?,11+/m0/s1. The maximum absolute atomic E-state index is 13.3. The molecule has 1 unspecified atom stereocenters. The van der Waals surface area contributed by atoms with E-state index in [2.05, 4.69) is 15.0 Å². The van der Waals surface area contributed by atoms with Gasteiger partial charge in [0.2, 0.25) is 0 Å². The molecule has 1 aliphatic heterocycles. The smallest absolute Gasteiger partial charge is 0.312 e. The number of carbonyl (C=O) groups excluding carboxylic acids is 1. The summed E-state index contributed by atoms with van der Waals surface area (Å²) < 4.78 is 19.3. The van der Waals surface area contributed by atoms with Crippen LogP contribution in [0.1, 0.15) is 6.23 Å². The van der Waals surface area contributed by atoms with Gasteiger partial charge in [0, 0.05) is 0 Å². The molecule has 0 spiro atoms. The van der Waals surface area contributed by atoms with Crippen LogP contribution in [0.25, 0.3) is 11.2 Å². The molecular weight excluding hydrogens is 301 g/mol. The van der Waals surface area contributed by atoms with E-state index in [1.54, 1.807) is 0 Å². The fourth-order valence-corrected chi connectivity index (χ4v) is 2.31. The molecule has 0 saturated carbocycles. The monoisotopic (exact) mass is 313 g/mol. The number of nitrogens with zero attached hydrogens (tertiary/aromatic N) is 4. The zero-order valence-corrected chi connectivity index (χ0v) is 11.0. The summed E-state index contributed by atoms with van der Waals surface area (Å²) in [5, 5.41) is 30.0. The highest BCUT2D eigenvalue weighted by Crippen LogP contribution is 2.31. The van der Waals surface area contributed by atoms with Crippen LogP contribution in [0, 0.1) is 6.08 Å². The number of rotatable bonds is 3. The Morgan fingerprint density at radius 1 is 1.59 bits per heavy atom. The predicted octanol–water partition coefficient (Wildman–Crippen LogP) is -2.27. The predicted molar refractivity (Wildman–Crippen MR) is 67.7 cm³/mol. The lowest BCUT2D eigenvalue weighted by Gasteiger charge is -2.24. The van der Waals surface area contributed by atoms with Crippen molar-refractivity contribution < 1.29 is 29.2 Å². The molecule has 1 saturated heterocycles. The summed E-state index contributed by atoms with van der Waals surface area (Å²) in [5.41, 5.74) is 3.32. The molecule has 0 bridgehead atoms. The maximum atomic E-state index is 13.3. The second kappa shape index (κ2) is 4.91. The van der Waals surface area contributed by atoms with Crippen molar-refractivity contribution in [2.75, 3.05) is 12.3 Å². The van der Waals surface area contributed by atoms with Crippen molar-refractivity contribution in [1.82, 2.24) is 19.5 Å². The van der Waals surface area contributed by atoms with E-state index >= 15 is 0 Å². The summed E-state index contributed by atoms with van der Waals surface area (Å²) in [4.78, 5) is 21.5. The molecule has 118 valence electrons. The highest BCUT2D eigenvalue weighted by Gasteiger charge is 2.51. The fourth-order valence-electron chi connectivity index (χ4n) is 2.31. The van der Waals surface area contributed by atoms with E-state index in [4.69, 9.17) is 10.5 Å². The van der Waals surface area contributed by atoms with Crippen LogP contribution in [-0.4, -0.2) is 65.5 Å². The Labute approximate surface area is 122 Å². The number of ether oxygens (including phenoxy) is 1. The van der Waals surface area contributed by atoms with Crippen molar-refractivity contribution in [1.29, 1.82) is 0 Å². The molecule has 0 radical (unpaired) electrons. The number of halogens is 1. The minimum absolute atomic E-state index is 0.0542. The van der Waals surface area contributed by atoms with Gasteiger partial charge < -0.3 is 25.8 Å². The molecule has 3 heterocycles. The average molecular weight is 313 g/mol. The van der Waals surface area contributed by atoms with Gasteiger partial charge in [0.15, 0.2) is 35.1 Å². The number of aldehydes is 1. The lowest BCUT2D eigenvalue weighted by Crippen LogP contribution is -2.47. The van der Waals surface area contributed by atoms with E-state index in [1.165, 1.54) is 0 Å². The minimum atomic E-state index is -2.12. The Morgan fingerprint density at radius 2 is 2.32 bits per heavy atom. The number of aliphatic hydroxyl groups excluding tert-OH is 2. The number of anilines is 1. The van der Waals surface area contributed by atoms with E-state index < -0.39 is 36.7 Å². The molecule has 11 heteroatoms. The summed E-state index contributed by atoms with van der Waals surface area (Å²) >= 11 is 0. The number of fused-ring (bicyclic) bond motifs is 1. The van der Waals surface area contributed by atoms with Crippen molar-refractivity contribution in [3.05, 3.63) is 12.4 Å². The zero-order valence-electron chi connectivity index (χ0n) is 11.0. The van der Waals surface area contributed by atoms with Gasteiger partial charge in [-0.25, -0.2) is 4.98 Å². The number of imidazole rings is 1. The first-order valence-corrected chi connectivity index (χ1v) is 6.19. The highest BCUT2D eigenvalue weighted by atomic mass is 19.1. The van der Waals surface area contributed by atoms with Gasteiger partial charge in [0.1, 0.15) is 12.2 Å². The molecule has 10 nitrogen and oxygen atoms in total. The number of carbonyl (C=O) groups is 1. The summed E-state index contributed by atoms with van der Waals surface area (Å²) in [6.45, 7) is -0.489. The number of aromatic nitrogens is 4. The second-order valence-corrected chi connectivity index (χ2v) is 4.95. The first-order valence-electron chi connectivity index (χ1n) is 6.19.